The molecule has 140 valence electrons. The van der Waals surface area contributed by atoms with Crippen molar-refractivity contribution in [3.63, 3.8) is 0 Å². The molecule has 0 aliphatic carbocycles. The molecule has 3 aromatic heterocycles. The Morgan fingerprint density at radius 3 is 2.63 bits per heavy atom. The summed E-state index contributed by atoms with van der Waals surface area (Å²) in [6, 6.07) is 6.29. The molecule has 11 heteroatoms. The molecule has 0 aliphatic rings. The predicted molar refractivity (Wildman–Crippen MR) is 86.9 cm³/mol. The first-order valence-electron chi connectivity index (χ1n) is 7.35. The van der Waals surface area contributed by atoms with E-state index in [1.165, 1.54) is 18.3 Å². The molecule has 3 rings (SSSR count). The van der Waals surface area contributed by atoms with Gasteiger partial charge < -0.3 is 9.84 Å². The average molecular weight is 399 g/mol. The van der Waals surface area contributed by atoms with Gasteiger partial charge in [-0.15, -0.1) is 5.10 Å². The van der Waals surface area contributed by atoms with Crippen LogP contribution in [0.3, 0.4) is 0 Å². The summed E-state index contributed by atoms with van der Waals surface area (Å²) in [5.41, 5.74) is -0.907. The van der Waals surface area contributed by atoms with Gasteiger partial charge in [-0.2, -0.15) is 13.2 Å². The van der Waals surface area contributed by atoms with Crippen molar-refractivity contribution in [3.05, 3.63) is 64.7 Å². The molecule has 0 amide bonds. The largest absolute Gasteiger partial charge is 0.477 e. The fraction of sp³-hybridized carbons (Fsp3) is 0.125. The molecule has 27 heavy (non-hydrogen) atoms. The number of pyridine rings is 2. The van der Waals surface area contributed by atoms with Crippen LogP contribution >= 0.6 is 11.6 Å². The van der Waals surface area contributed by atoms with Crippen molar-refractivity contribution in [2.75, 3.05) is 0 Å². The summed E-state index contributed by atoms with van der Waals surface area (Å²) in [7, 11) is 0. The molecule has 1 N–H and O–H groups in total. The number of halogens is 4. The van der Waals surface area contributed by atoms with Crippen LogP contribution in [0.4, 0.5) is 13.2 Å². The van der Waals surface area contributed by atoms with Crippen LogP contribution < -0.4 is 4.74 Å². The molecule has 3 heterocycles. The Balaban J connectivity index is 1.81. The summed E-state index contributed by atoms with van der Waals surface area (Å²) in [6.45, 7) is -0.156. The van der Waals surface area contributed by atoms with Gasteiger partial charge in [-0.25, -0.2) is 14.5 Å². The SMILES string of the molecule is O=C(O)c1cc(OCc2ccc(C(F)(F)F)nc2)nn1-c1ncccc1Cl. The Kier molecular flexibility index (Phi) is 5.00. The van der Waals surface area contributed by atoms with Crippen LogP contribution in [0.5, 0.6) is 5.88 Å². The molecule has 0 fully saturated rings. The molecule has 0 aliphatic heterocycles. The van der Waals surface area contributed by atoms with E-state index in [-0.39, 0.29) is 29.0 Å². The molecule has 0 radical (unpaired) electrons. The Hall–Kier alpha value is -3.14. The molecule has 0 unspecified atom stereocenters. The number of nitrogens with zero attached hydrogens (tertiary/aromatic N) is 4. The smallest absolute Gasteiger partial charge is 0.433 e. The quantitative estimate of drug-likeness (QED) is 0.706. The van der Waals surface area contributed by atoms with Crippen molar-refractivity contribution < 1.29 is 27.8 Å². The second kappa shape index (κ2) is 7.23. The zero-order chi connectivity index (χ0) is 19.6. The maximum Gasteiger partial charge on any atom is 0.433 e. The topological polar surface area (TPSA) is 90.1 Å². The summed E-state index contributed by atoms with van der Waals surface area (Å²) in [4.78, 5) is 18.7. The molecule has 7 nitrogen and oxygen atoms in total. The van der Waals surface area contributed by atoms with Crippen molar-refractivity contribution in [1.29, 1.82) is 0 Å². The van der Waals surface area contributed by atoms with Gasteiger partial charge in [0, 0.05) is 24.0 Å². The second-order valence-corrected chi connectivity index (χ2v) is 5.64. The number of ether oxygens (including phenoxy) is 1. The number of aromatic carboxylic acids is 1. The summed E-state index contributed by atoms with van der Waals surface area (Å²) in [5.74, 6) is -1.24. The molecule has 0 atom stereocenters. The fourth-order valence-corrected chi connectivity index (χ4v) is 2.31. The van der Waals surface area contributed by atoms with Gasteiger partial charge in [0.1, 0.15) is 12.3 Å². The normalized spacial score (nSPS) is 11.4. The van der Waals surface area contributed by atoms with Crippen LogP contribution in [0.2, 0.25) is 5.02 Å². The minimum Gasteiger partial charge on any atom is -0.477 e. The van der Waals surface area contributed by atoms with Gasteiger partial charge in [0.05, 0.1) is 5.02 Å². The lowest BCUT2D eigenvalue weighted by molar-refractivity contribution is -0.141. The third kappa shape index (κ3) is 4.17. The molecule has 0 saturated carbocycles. The number of carboxylic acid groups (broad SMARTS) is 1. The first-order valence-corrected chi connectivity index (χ1v) is 7.72. The number of hydrogen-bond acceptors (Lipinski definition) is 5. The molecule has 0 spiro atoms. The van der Waals surface area contributed by atoms with E-state index in [0.717, 1.165) is 23.0 Å². The van der Waals surface area contributed by atoms with E-state index in [1.807, 2.05) is 0 Å². The van der Waals surface area contributed by atoms with E-state index in [2.05, 4.69) is 15.1 Å². The monoisotopic (exact) mass is 398 g/mol. The van der Waals surface area contributed by atoms with Crippen molar-refractivity contribution in [1.82, 2.24) is 19.7 Å². The van der Waals surface area contributed by atoms with Gasteiger partial charge in [0.15, 0.2) is 11.5 Å². The fourth-order valence-electron chi connectivity index (χ4n) is 2.11. The van der Waals surface area contributed by atoms with Crippen molar-refractivity contribution >= 4 is 17.6 Å². The molecular formula is C16H10ClF3N4O3. The van der Waals surface area contributed by atoms with Gasteiger partial charge in [0.25, 0.3) is 0 Å². The Morgan fingerprint density at radius 1 is 1.26 bits per heavy atom. The highest BCUT2D eigenvalue weighted by Crippen LogP contribution is 2.27. The molecule has 0 saturated heterocycles. The molecule has 0 aromatic carbocycles. The van der Waals surface area contributed by atoms with Crippen LogP contribution in [-0.2, 0) is 12.8 Å². The van der Waals surface area contributed by atoms with Crippen LogP contribution in [0, 0.1) is 0 Å². The van der Waals surface area contributed by atoms with Gasteiger partial charge in [-0.05, 0) is 18.2 Å². The molecule has 3 aromatic rings. The first-order chi connectivity index (χ1) is 12.8. The Labute approximate surface area is 155 Å². The molecule has 0 bridgehead atoms. The van der Waals surface area contributed by atoms with Crippen LogP contribution in [-0.4, -0.2) is 30.8 Å². The summed E-state index contributed by atoms with van der Waals surface area (Å²) in [6.07, 6.45) is -2.09. The zero-order valence-corrected chi connectivity index (χ0v) is 14.1. The number of carbonyl (C=O) groups is 1. The van der Waals surface area contributed by atoms with E-state index in [4.69, 9.17) is 16.3 Å². The van der Waals surface area contributed by atoms with Crippen LogP contribution in [0.1, 0.15) is 21.7 Å². The third-order valence-electron chi connectivity index (χ3n) is 3.35. The average Bonchev–Trinajstić information content (AvgIpc) is 3.04. The maximum absolute atomic E-state index is 12.5. The van der Waals surface area contributed by atoms with E-state index in [0.29, 0.717) is 5.56 Å². The lowest BCUT2D eigenvalue weighted by Crippen LogP contribution is -2.09. The number of aromatic nitrogens is 4. The number of alkyl halides is 3. The Bertz CT molecular complexity index is 974. The first kappa shape index (κ1) is 18.6. The van der Waals surface area contributed by atoms with E-state index < -0.39 is 17.8 Å². The number of carboxylic acids is 1. The van der Waals surface area contributed by atoms with Gasteiger partial charge in [0.2, 0.25) is 5.88 Å². The van der Waals surface area contributed by atoms with Gasteiger partial charge in [-0.3, -0.25) is 4.98 Å². The third-order valence-corrected chi connectivity index (χ3v) is 3.64. The highest BCUT2D eigenvalue weighted by atomic mass is 35.5. The maximum atomic E-state index is 12.5. The van der Waals surface area contributed by atoms with Crippen molar-refractivity contribution in [2.24, 2.45) is 0 Å². The zero-order valence-electron chi connectivity index (χ0n) is 13.3. The standard InChI is InChI=1S/C16H10ClF3N4O3/c17-10-2-1-5-21-14(10)24-11(15(25)26)6-13(23-24)27-8-9-3-4-12(22-7-9)16(18,19)20/h1-7H,8H2,(H,25,26). The van der Waals surface area contributed by atoms with Crippen molar-refractivity contribution in [2.45, 2.75) is 12.8 Å². The summed E-state index contributed by atoms with van der Waals surface area (Å²) < 4.78 is 43.9. The lowest BCUT2D eigenvalue weighted by Gasteiger charge is -2.07. The molecular weight excluding hydrogens is 389 g/mol. The van der Waals surface area contributed by atoms with E-state index in [1.54, 1.807) is 6.07 Å². The minimum absolute atomic E-state index is 0.0611. The highest BCUT2D eigenvalue weighted by Gasteiger charge is 2.32. The van der Waals surface area contributed by atoms with E-state index >= 15 is 0 Å². The van der Waals surface area contributed by atoms with Crippen LogP contribution in [0.25, 0.3) is 5.82 Å². The number of hydrogen-bond donors (Lipinski definition) is 1. The second-order valence-electron chi connectivity index (χ2n) is 5.23. The predicted octanol–water partition coefficient (Wildman–Crippen LogP) is 3.61. The lowest BCUT2D eigenvalue weighted by atomic mass is 10.2. The minimum atomic E-state index is -4.53. The van der Waals surface area contributed by atoms with Gasteiger partial charge in [-0.1, -0.05) is 17.7 Å². The van der Waals surface area contributed by atoms with E-state index in [9.17, 15) is 23.1 Å². The highest BCUT2D eigenvalue weighted by molar-refractivity contribution is 6.32. The van der Waals surface area contributed by atoms with Crippen LogP contribution in [0.15, 0.2) is 42.7 Å². The summed E-state index contributed by atoms with van der Waals surface area (Å²) >= 11 is 6.01. The summed E-state index contributed by atoms with van der Waals surface area (Å²) in [5, 5.41) is 13.5. The van der Waals surface area contributed by atoms with Crippen molar-refractivity contribution in [3.8, 4) is 11.7 Å². The van der Waals surface area contributed by atoms with Gasteiger partial charge >= 0.3 is 12.1 Å². The number of rotatable bonds is 5. The Morgan fingerprint density at radius 2 is 2.04 bits per heavy atom.